The van der Waals surface area contributed by atoms with Crippen molar-refractivity contribution in [2.24, 2.45) is 5.92 Å². The highest BCUT2D eigenvalue weighted by Gasteiger charge is 2.30. The highest BCUT2D eigenvalue weighted by atomic mass is 35.5. The number of likely N-dealkylation sites (tertiary alicyclic amines) is 1. The van der Waals surface area contributed by atoms with E-state index < -0.39 is 5.54 Å². The molecule has 1 aromatic rings. The highest BCUT2D eigenvalue weighted by Crippen LogP contribution is 2.25. The van der Waals surface area contributed by atoms with E-state index in [9.17, 15) is 10.5 Å². The third kappa shape index (κ3) is 5.57. The molecular formula is C18H23Cl2N5. The maximum atomic E-state index is 9.32. The van der Waals surface area contributed by atoms with Crippen LogP contribution >= 0.6 is 23.2 Å². The van der Waals surface area contributed by atoms with Crippen LogP contribution in [-0.4, -0.2) is 43.7 Å². The number of halogens is 2. The Morgan fingerprint density at radius 2 is 2.04 bits per heavy atom. The summed E-state index contributed by atoms with van der Waals surface area (Å²) in [5, 5.41) is 25.9. The molecule has 0 aliphatic carbocycles. The van der Waals surface area contributed by atoms with Gasteiger partial charge in [-0.1, -0.05) is 29.3 Å². The molecule has 0 aromatic heterocycles. The van der Waals surface area contributed by atoms with Gasteiger partial charge in [0.2, 0.25) is 5.54 Å². The van der Waals surface area contributed by atoms with Crippen molar-refractivity contribution >= 4 is 23.2 Å². The lowest BCUT2D eigenvalue weighted by molar-refractivity contribution is 0.162. The van der Waals surface area contributed by atoms with Crippen LogP contribution in [0.15, 0.2) is 18.2 Å². The van der Waals surface area contributed by atoms with Crippen LogP contribution < -0.4 is 10.6 Å². The van der Waals surface area contributed by atoms with E-state index in [4.69, 9.17) is 23.2 Å². The van der Waals surface area contributed by atoms with Crippen LogP contribution in [0.1, 0.15) is 18.4 Å². The van der Waals surface area contributed by atoms with Gasteiger partial charge >= 0.3 is 0 Å². The van der Waals surface area contributed by atoms with Crippen LogP contribution in [0.3, 0.4) is 0 Å². The molecule has 1 heterocycles. The van der Waals surface area contributed by atoms with E-state index in [-0.39, 0.29) is 0 Å². The second-order valence-corrected chi connectivity index (χ2v) is 7.35. The fraction of sp³-hybridized carbons (Fsp3) is 0.556. The molecule has 0 radical (unpaired) electrons. The maximum Gasteiger partial charge on any atom is 0.206 e. The Morgan fingerprint density at radius 1 is 1.28 bits per heavy atom. The number of nitrogens with one attached hydrogen (secondary N) is 2. The number of nitriles is 2. The number of piperidine rings is 1. The van der Waals surface area contributed by atoms with E-state index in [2.05, 4.69) is 27.7 Å². The predicted octanol–water partition coefficient (Wildman–Crippen LogP) is 2.80. The second-order valence-electron chi connectivity index (χ2n) is 6.53. The summed E-state index contributed by atoms with van der Waals surface area (Å²) in [6.07, 6.45) is 2.20. The monoisotopic (exact) mass is 379 g/mol. The molecule has 0 bridgehead atoms. The minimum atomic E-state index is -1.17. The van der Waals surface area contributed by atoms with Gasteiger partial charge in [0.25, 0.3) is 0 Å². The van der Waals surface area contributed by atoms with E-state index in [0.717, 1.165) is 38.0 Å². The number of hydrogen-bond donors (Lipinski definition) is 2. The van der Waals surface area contributed by atoms with E-state index in [1.165, 1.54) is 0 Å². The van der Waals surface area contributed by atoms with Gasteiger partial charge in [0, 0.05) is 26.2 Å². The van der Waals surface area contributed by atoms with Gasteiger partial charge in [0.1, 0.15) is 12.1 Å². The Bertz CT molecular complexity index is 650. The highest BCUT2D eigenvalue weighted by molar-refractivity contribution is 6.42. The lowest BCUT2D eigenvalue weighted by Crippen LogP contribution is -2.52. The fourth-order valence-electron chi connectivity index (χ4n) is 3.19. The number of nitrogens with zero attached hydrogens (tertiary/aromatic N) is 3. The first kappa shape index (κ1) is 20.0. The Kier molecular flexibility index (Phi) is 7.50. The molecular weight excluding hydrogens is 357 g/mol. The van der Waals surface area contributed by atoms with Gasteiger partial charge in [-0.2, -0.15) is 10.5 Å². The molecule has 1 aromatic carbocycles. The topological polar surface area (TPSA) is 74.9 Å². The van der Waals surface area contributed by atoms with Crippen molar-refractivity contribution in [1.82, 2.24) is 15.5 Å². The quantitative estimate of drug-likeness (QED) is 0.761. The summed E-state index contributed by atoms with van der Waals surface area (Å²) in [7, 11) is 1.74. The van der Waals surface area contributed by atoms with Gasteiger partial charge in [0.05, 0.1) is 10.0 Å². The molecule has 1 unspecified atom stereocenters. The second kappa shape index (κ2) is 9.38. The molecule has 0 saturated carbocycles. The summed E-state index contributed by atoms with van der Waals surface area (Å²) in [5.41, 5.74) is -0.0256. The average molecular weight is 380 g/mol. The summed E-state index contributed by atoms with van der Waals surface area (Å²) in [5.74, 6) is 0.412. The molecule has 1 atom stereocenters. The molecule has 25 heavy (non-hydrogen) atoms. The zero-order valence-electron chi connectivity index (χ0n) is 14.4. The summed E-state index contributed by atoms with van der Waals surface area (Å²) in [4.78, 5) is 2.38. The molecule has 7 heteroatoms. The lowest BCUT2D eigenvalue weighted by atomic mass is 9.95. The Hall–Kier alpha value is -1.34. The van der Waals surface area contributed by atoms with Crippen LogP contribution in [0.4, 0.5) is 0 Å². The van der Waals surface area contributed by atoms with Gasteiger partial charge in [-0.05, 0) is 50.0 Å². The van der Waals surface area contributed by atoms with Crippen molar-refractivity contribution in [2.75, 3.05) is 33.2 Å². The first-order chi connectivity index (χ1) is 12.0. The standard InChI is InChI=1S/C18H23Cl2N5/c1-23-13-18(11-21,12-22)24-8-15-3-2-6-25(10-15)9-14-4-5-16(19)17(20)7-14/h4-5,7,15,23-24H,2-3,6,8-10,13H2,1H3. The molecule has 134 valence electrons. The molecule has 0 spiro atoms. The van der Waals surface area contributed by atoms with E-state index in [1.54, 1.807) is 7.05 Å². The minimum Gasteiger partial charge on any atom is -0.316 e. The van der Waals surface area contributed by atoms with Crippen LogP contribution in [0, 0.1) is 28.6 Å². The predicted molar refractivity (Wildman–Crippen MR) is 100 cm³/mol. The normalized spacial score (nSPS) is 18.5. The Morgan fingerprint density at radius 3 is 2.68 bits per heavy atom. The number of hydrogen-bond acceptors (Lipinski definition) is 5. The van der Waals surface area contributed by atoms with Gasteiger partial charge in [-0.15, -0.1) is 0 Å². The summed E-state index contributed by atoms with van der Waals surface area (Å²) in [6.45, 7) is 3.75. The van der Waals surface area contributed by atoms with Crippen LogP contribution in [0.25, 0.3) is 0 Å². The van der Waals surface area contributed by atoms with Crippen molar-refractivity contribution in [3.05, 3.63) is 33.8 Å². The van der Waals surface area contributed by atoms with Gasteiger partial charge < -0.3 is 5.32 Å². The molecule has 2 rings (SSSR count). The number of likely N-dealkylation sites (N-methyl/N-ethyl adjacent to an activating group) is 1. The summed E-state index contributed by atoms with van der Waals surface area (Å²) in [6, 6.07) is 9.92. The Labute approximate surface area is 159 Å². The van der Waals surface area contributed by atoms with Crippen molar-refractivity contribution in [3.8, 4) is 12.1 Å². The number of benzene rings is 1. The number of rotatable bonds is 7. The van der Waals surface area contributed by atoms with Crippen LogP contribution in [0.2, 0.25) is 10.0 Å². The molecule has 1 aliphatic rings. The van der Waals surface area contributed by atoms with Gasteiger partial charge in [0.15, 0.2) is 0 Å². The van der Waals surface area contributed by atoms with Crippen molar-refractivity contribution < 1.29 is 0 Å². The van der Waals surface area contributed by atoms with Crippen molar-refractivity contribution in [3.63, 3.8) is 0 Å². The zero-order chi connectivity index (χ0) is 18.3. The first-order valence-electron chi connectivity index (χ1n) is 8.40. The molecule has 1 fully saturated rings. The largest absolute Gasteiger partial charge is 0.316 e. The summed E-state index contributed by atoms with van der Waals surface area (Å²) >= 11 is 12.1. The van der Waals surface area contributed by atoms with Crippen LogP contribution in [-0.2, 0) is 6.54 Å². The van der Waals surface area contributed by atoms with E-state index in [1.807, 2.05) is 18.2 Å². The average Bonchev–Trinajstić information content (AvgIpc) is 2.62. The fourth-order valence-corrected chi connectivity index (χ4v) is 3.51. The first-order valence-corrected chi connectivity index (χ1v) is 9.16. The Balaban J connectivity index is 1.91. The van der Waals surface area contributed by atoms with Crippen molar-refractivity contribution in [2.45, 2.75) is 24.9 Å². The van der Waals surface area contributed by atoms with E-state index in [0.29, 0.717) is 29.1 Å². The molecule has 1 aliphatic heterocycles. The molecule has 1 saturated heterocycles. The zero-order valence-corrected chi connectivity index (χ0v) is 15.9. The molecule has 0 amide bonds. The SMILES string of the molecule is CNCC(C#N)(C#N)NCC1CCCN(Cc2ccc(Cl)c(Cl)c2)C1. The minimum absolute atomic E-state index is 0.305. The molecule has 2 N–H and O–H groups in total. The molecule has 5 nitrogen and oxygen atoms in total. The van der Waals surface area contributed by atoms with Gasteiger partial charge in [-0.3, -0.25) is 10.2 Å². The van der Waals surface area contributed by atoms with Gasteiger partial charge in [-0.25, -0.2) is 0 Å². The smallest absolute Gasteiger partial charge is 0.206 e. The third-order valence-corrected chi connectivity index (χ3v) is 5.25. The van der Waals surface area contributed by atoms with Crippen molar-refractivity contribution in [1.29, 1.82) is 10.5 Å². The third-order valence-electron chi connectivity index (χ3n) is 4.51. The summed E-state index contributed by atoms with van der Waals surface area (Å²) < 4.78 is 0. The maximum absolute atomic E-state index is 9.32. The van der Waals surface area contributed by atoms with Crippen LogP contribution in [0.5, 0.6) is 0 Å². The lowest BCUT2D eigenvalue weighted by Gasteiger charge is -2.34. The van der Waals surface area contributed by atoms with E-state index >= 15 is 0 Å².